The number of nitrogens with two attached hydrogens (primary N) is 1. The fourth-order valence-electron chi connectivity index (χ4n) is 2.79. The number of unbranched alkanes of at least 4 members (excludes halogenated alkanes) is 3. The molecule has 0 aliphatic rings. The number of hydrogen-bond acceptors (Lipinski definition) is 2. The summed E-state index contributed by atoms with van der Waals surface area (Å²) in [6.07, 6.45) is 5.52. The summed E-state index contributed by atoms with van der Waals surface area (Å²) in [4.78, 5) is 0. The topological polar surface area (TPSA) is 35.2 Å². The molecule has 2 aromatic rings. The van der Waals surface area contributed by atoms with Crippen molar-refractivity contribution in [1.82, 2.24) is 0 Å². The van der Waals surface area contributed by atoms with Crippen molar-refractivity contribution >= 4 is 0 Å². The average Bonchev–Trinajstić information content (AvgIpc) is 2.56. The van der Waals surface area contributed by atoms with Crippen molar-refractivity contribution in [1.29, 1.82) is 0 Å². The maximum atomic E-state index is 13.2. The quantitative estimate of drug-likeness (QED) is 0.630. The van der Waals surface area contributed by atoms with Crippen molar-refractivity contribution in [2.45, 2.75) is 52.0 Å². The Labute approximate surface area is 144 Å². The largest absolute Gasteiger partial charge is 0.494 e. The van der Waals surface area contributed by atoms with Gasteiger partial charge in [-0.1, -0.05) is 44.4 Å². The second-order valence-corrected chi connectivity index (χ2v) is 6.42. The summed E-state index contributed by atoms with van der Waals surface area (Å²) in [5.74, 6) is 0.634. The molecule has 2 rings (SSSR count). The van der Waals surface area contributed by atoms with Gasteiger partial charge < -0.3 is 10.5 Å². The molecule has 130 valence electrons. The molecule has 1 atom stereocenters. The normalized spacial score (nSPS) is 12.2. The highest BCUT2D eigenvalue weighted by atomic mass is 19.1. The van der Waals surface area contributed by atoms with Crippen LogP contribution in [0.25, 0.3) is 11.1 Å². The number of rotatable bonds is 9. The van der Waals surface area contributed by atoms with E-state index in [1.807, 2.05) is 19.1 Å². The van der Waals surface area contributed by atoms with Crippen molar-refractivity contribution in [3.05, 3.63) is 53.8 Å². The van der Waals surface area contributed by atoms with Gasteiger partial charge in [0.25, 0.3) is 0 Å². The summed E-state index contributed by atoms with van der Waals surface area (Å²) in [6.45, 7) is 4.93. The Kier molecular flexibility index (Phi) is 7.26. The first-order valence-electron chi connectivity index (χ1n) is 8.87. The Morgan fingerprint density at radius 2 is 1.79 bits per heavy atom. The first-order valence-corrected chi connectivity index (χ1v) is 8.87. The molecular formula is C21H28FNO. The van der Waals surface area contributed by atoms with Crippen LogP contribution in [0.4, 0.5) is 4.39 Å². The third kappa shape index (κ3) is 5.64. The highest BCUT2D eigenvalue weighted by Gasteiger charge is 2.09. The van der Waals surface area contributed by atoms with E-state index in [0.717, 1.165) is 41.9 Å². The molecule has 24 heavy (non-hydrogen) atoms. The lowest BCUT2D eigenvalue weighted by molar-refractivity contribution is 0.305. The van der Waals surface area contributed by atoms with Gasteiger partial charge in [-0.15, -0.1) is 0 Å². The summed E-state index contributed by atoms with van der Waals surface area (Å²) in [7, 11) is 0. The van der Waals surface area contributed by atoms with E-state index in [2.05, 4.69) is 13.0 Å². The molecule has 3 heteroatoms. The van der Waals surface area contributed by atoms with Crippen LogP contribution in [-0.4, -0.2) is 12.6 Å². The summed E-state index contributed by atoms with van der Waals surface area (Å²) in [6, 6.07) is 12.8. The fourth-order valence-corrected chi connectivity index (χ4v) is 2.79. The lowest BCUT2D eigenvalue weighted by atomic mass is 9.95. The van der Waals surface area contributed by atoms with Gasteiger partial charge in [-0.2, -0.15) is 0 Å². The Morgan fingerprint density at radius 3 is 2.46 bits per heavy atom. The maximum absolute atomic E-state index is 13.2. The van der Waals surface area contributed by atoms with Crippen molar-refractivity contribution in [3.8, 4) is 16.9 Å². The third-order valence-corrected chi connectivity index (χ3v) is 4.05. The first-order chi connectivity index (χ1) is 11.6. The Bertz CT molecular complexity index is 622. The molecule has 0 aliphatic heterocycles. The summed E-state index contributed by atoms with van der Waals surface area (Å²) >= 11 is 0. The maximum Gasteiger partial charge on any atom is 0.123 e. The van der Waals surface area contributed by atoms with Crippen LogP contribution in [0.2, 0.25) is 0 Å². The van der Waals surface area contributed by atoms with Gasteiger partial charge in [0.15, 0.2) is 0 Å². The molecule has 0 spiro atoms. The minimum atomic E-state index is -0.226. The van der Waals surface area contributed by atoms with E-state index >= 15 is 0 Å². The standard InChI is InChI=1S/C21H28FNO/c1-3-4-5-6-13-24-20-12-9-18(14-16(2)23)21(15-20)17-7-10-19(22)11-8-17/h7-12,15-16H,3-6,13-14,23H2,1-2H3. The number of halogens is 1. The number of benzene rings is 2. The Hall–Kier alpha value is -1.87. The van der Waals surface area contributed by atoms with Crippen LogP contribution in [0.15, 0.2) is 42.5 Å². The van der Waals surface area contributed by atoms with Crippen molar-refractivity contribution in [2.24, 2.45) is 5.73 Å². The van der Waals surface area contributed by atoms with Crippen LogP contribution >= 0.6 is 0 Å². The van der Waals surface area contributed by atoms with Gasteiger partial charge >= 0.3 is 0 Å². The van der Waals surface area contributed by atoms with Crippen molar-refractivity contribution in [2.75, 3.05) is 6.61 Å². The Balaban J connectivity index is 2.17. The molecular weight excluding hydrogens is 301 g/mol. The van der Waals surface area contributed by atoms with Crippen LogP contribution in [0, 0.1) is 5.82 Å². The van der Waals surface area contributed by atoms with Crippen LogP contribution in [-0.2, 0) is 6.42 Å². The van der Waals surface area contributed by atoms with Crippen molar-refractivity contribution in [3.63, 3.8) is 0 Å². The monoisotopic (exact) mass is 329 g/mol. The predicted molar refractivity (Wildman–Crippen MR) is 98.8 cm³/mol. The van der Waals surface area contributed by atoms with Crippen LogP contribution < -0.4 is 10.5 Å². The minimum absolute atomic E-state index is 0.0741. The van der Waals surface area contributed by atoms with E-state index in [1.54, 1.807) is 12.1 Å². The summed E-state index contributed by atoms with van der Waals surface area (Å²) in [5, 5.41) is 0. The second-order valence-electron chi connectivity index (χ2n) is 6.42. The van der Waals surface area contributed by atoms with Crippen LogP contribution in [0.5, 0.6) is 5.75 Å². The lowest BCUT2D eigenvalue weighted by Crippen LogP contribution is -2.18. The summed E-state index contributed by atoms with van der Waals surface area (Å²) in [5.41, 5.74) is 9.19. The van der Waals surface area contributed by atoms with E-state index < -0.39 is 0 Å². The zero-order valence-corrected chi connectivity index (χ0v) is 14.7. The van der Waals surface area contributed by atoms with E-state index in [1.165, 1.54) is 31.4 Å². The second kappa shape index (κ2) is 9.43. The molecule has 0 heterocycles. The molecule has 1 unspecified atom stereocenters. The van der Waals surface area contributed by atoms with E-state index in [0.29, 0.717) is 0 Å². The SMILES string of the molecule is CCCCCCOc1ccc(CC(C)N)c(-c2ccc(F)cc2)c1. The molecule has 0 saturated heterocycles. The zero-order valence-electron chi connectivity index (χ0n) is 14.7. The van der Waals surface area contributed by atoms with Gasteiger partial charge in [0.05, 0.1) is 6.61 Å². The molecule has 0 saturated carbocycles. The van der Waals surface area contributed by atoms with Crippen molar-refractivity contribution < 1.29 is 9.13 Å². The zero-order chi connectivity index (χ0) is 17.4. The van der Waals surface area contributed by atoms with E-state index in [-0.39, 0.29) is 11.9 Å². The summed E-state index contributed by atoms with van der Waals surface area (Å²) < 4.78 is 19.1. The molecule has 0 bridgehead atoms. The van der Waals surface area contributed by atoms with E-state index in [9.17, 15) is 4.39 Å². The predicted octanol–water partition coefficient (Wildman–Crippen LogP) is 5.34. The van der Waals surface area contributed by atoms with Gasteiger partial charge in [-0.3, -0.25) is 0 Å². The highest BCUT2D eigenvalue weighted by Crippen LogP contribution is 2.29. The number of ether oxygens (including phenoxy) is 1. The minimum Gasteiger partial charge on any atom is -0.494 e. The first kappa shape index (κ1) is 18.5. The molecule has 0 aromatic heterocycles. The van der Waals surface area contributed by atoms with Crippen LogP contribution in [0.1, 0.15) is 45.1 Å². The van der Waals surface area contributed by atoms with Gasteiger partial charge in [0.1, 0.15) is 11.6 Å². The molecule has 2 nitrogen and oxygen atoms in total. The van der Waals surface area contributed by atoms with E-state index in [4.69, 9.17) is 10.5 Å². The average molecular weight is 329 g/mol. The van der Waals surface area contributed by atoms with Crippen LogP contribution in [0.3, 0.4) is 0 Å². The smallest absolute Gasteiger partial charge is 0.123 e. The third-order valence-electron chi connectivity index (χ3n) is 4.05. The molecule has 0 aliphatic carbocycles. The highest BCUT2D eigenvalue weighted by molar-refractivity contribution is 5.69. The molecule has 0 radical (unpaired) electrons. The molecule has 0 fully saturated rings. The van der Waals surface area contributed by atoms with Gasteiger partial charge in [0.2, 0.25) is 0 Å². The molecule has 2 N–H and O–H groups in total. The van der Waals surface area contributed by atoms with Gasteiger partial charge in [-0.05, 0) is 60.7 Å². The fraction of sp³-hybridized carbons (Fsp3) is 0.429. The van der Waals surface area contributed by atoms with Gasteiger partial charge in [0, 0.05) is 6.04 Å². The molecule has 0 amide bonds. The van der Waals surface area contributed by atoms with Gasteiger partial charge in [-0.25, -0.2) is 4.39 Å². The molecule has 2 aromatic carbocycles. The lowest BCUT2D eigenvalue weighted by Gasteiger charge is -2.15. The Morgan fingerprint density at radius 1 is 1.04 bits per heavy atom. The number of hydrogen-bond donors (Lipinski definition) is 1.